The van der Waals surface area contributed by atoms with Crippen molar-refractivity contribution in [3.63, 3.8) is 0 Å². The van der Waals surface area contributed by atoms with Crippen LogP contribution >= 0.6 is 11.3 Å². The first kappa shape index (κ1) is 24.7. The number of hydrogen-bond acceptors (Lipinski definition) is 6. The van der Waals surface area contributed by atoms with Crippen LogP contribution in [0, 0.1) is 12.3 Å². The molecular formula is C23H30N4O5S. The van der Waals surface area contributed by atoms with E-state index < -0.39 is 35.6 Å². The van der Waals surface area contributed by atoms with Gasteiger partial charge in [0.1, 0.15) is 12.1 Å². The minimum Gasteiger partial charge on any atom is -0.465 e. The van der Waals surface area contributed by atoms with Crippen LogP contribution in [0.4, 0.5) is 4.79 Å². The maximum atomic E-state index is 13.1. The van der Waals surface area contributed by atoms with Crippen LogP contribution in [0.3, 0.4) is 0 Å². The number of rotatable bonds is 6. The molecule has 9 nitrogen and oxygen atoms in total. The normalized spacial score (nSPS) is 19.2. The summed E-state index contributed by atoms with van der Waals surface area (Å²) in [5.41, 5.74) is 4.02. The van der Waals surface area contributed by atoms with Gasteiger partial charge in [-0.1, -0.05) is 45.0 Å². The molecule has 3 atom stereocenters. The average Bonchev–Trinajstić information content (AvgIpc) is 3.35. The van der Waals surface area contributed by atoms with E-state index in [0.717, 1.165) is 21.7 Å². The van der Waals surface area contributed by atoms with Gasteiger partial charge >= 0.3 is 6.09 Å². The number of carbonyl (C=O) groups excluding carboxylic acids is 2. The van der Waals surface area contributed by atoms with Crippen molar-refractivity contribution >= 4 is 29.2 Å². The van der Waals surface area contributed by atoms with Crippen molar-refractivity contribution in [1.82, 2.24) is 20.5 Å². The van der Waals surface area contributed by atoms with E-state index in [-0.39, 0.29) is 25.4 Å². The SMILES string of the molecule is Cc1ncsc1-c1ccc(CNC(=O)[C@@H]2C[C@H](O)CN2C(=O)C(NC(=O)O)C(C)(C)C)cc1. The summed E-state index contributed by atoms with van der Waals surface area (Å²) in [7, 11) is 0. The Morgan fingerprint density at radius 2 is 1.91 bits per heavy atom. The molecule has 10 heteroatoms. The van der Waals surface area contributed by atoms with E-state index in [4.69, 9.17) is 5.11 Å². The highest BCUT2D eigenvalue weighted by Gasteiger charge is 2.44. The van der Waals surface area contributed by atoms with Crippen LogP contribution in [0.2, 0.25) is 0 Å². The molecule has 33 heavy (non-hydrogen) atoms. The van der Waals surface area contributed by atoms with Gasteiger partial charge < -0.3 is 25.7 Å². The summed E-state index contributed by atoms with van der Waals surface area (Å²) in [5.74, 6) is -0.906. The Morgan fingerprint density at radius 3 is 2.45 bits per heavy atom. The molecule has 3 rings (SSSR count). The number of carbonyl (C=O) groups is 3. The molecule has 0 spiro atoms. The van der Waals surface area contributed by atoms with Gasteiger partial charge in [0, 0.05) is 19.5 Å². The van der Waals surface area contributed by atoms with Crippen molar-refractivity contribution in [3.05, 3.63) is 41.0 Å². The Bertz CT molecular complexity index is 1010. The van der Waals surface area contributed by atoms with Crippen molar-refractivity contribution in [3.8, 4) is 10.4 Å². The van der Waals surface area contributed by atoms with Gasteiger partial charge in [0.15, 0.2) is 0 Å². The van der Waals surface area contributed by atoms with Crippen LogP contribution in [0.25, 0.3) is 10.4 Å². The highest BCUT2D eigenvalue weighted by molar-refractivity contribution is 7.13. The third-order valence-corrected chi connectivity index (χ3v) is 6.65. The van der Waals surface area contributed by atoms with Gasteiger partial charge in [-0.25, -0.2) is 9.78 Å². The summed E-state index contributed by atoms with van der Waals surface area (Å²) < 4.78 is 0. The van der Waals surface area contributed by atoms with Gasteiger partial charge in [0.2, 0.25) is 11.8 Å². The summed E-state index contributed by atoms with van der Waals surface area (Å²) in [6.45, 7) is 7.43. The van der Waals surface area contributed by atoms with Crippen LogP contribution in [0.1, 0.15) is 38.4 Å². The van der Waals surface area contributed by atoms with E-state index in [1.165, 1.54) is 4.90 Å². The second kappa shape index (κ2) is 9.88. The summed E-state index contributed by atoms with van der Waals surface area (Å²) in [5, 5.41) is 24.4. The van der Waals surface area contributed by atoms with Crippen molar-refractivity contribution in [2.45, 2.75) is 58.8 Å². The monoisotopic (exact) mass is 474 g/mol. The third kappa shape index (κ3) is 5.88. The fourth-order valence-corrected chi connectivity index (χ4v) is 4.72. The van der Waals surface area contributed by atoms with Crippen LogP contribution in [0.15, 0.2) is 29.8 Å². The molecular weight excluding hydrogens is 444 g/mol. The van der Waals surface area contributed by atoms with Crippen molar-refractivity contribution in [1.29, 1.82) is 0 Å². The Morgan fingerprint density at radius 1 is 1.24 bits per heavy atom. The second-order valence-corrected chi connectivity index (χ2v) is 10.2. The first-order chi connectivity index (χ1) is 15.5. The maximum absolute atomic E-state index is 13.1. The van der Waals surface area contributed by atoms with Crippen LogP contribution < -0.4 is 10.6 Å². The van der Waals surface area contributed by atoms with E-state index in [0.29, 0.717) is 0 Å². The number of nitrogens with zero attached hydrogens (tertiary/aromatic N) is 2. The van der Waals surface area contributed by atoms with Crippen molar-refractivity contribution < 1.29 is 24.6 Å². The first-order valence-corrected chi connectivity index (χ1v) is 11.6. The standard InChI is InChI=1S/C23H30N4O5S/c1-13-18(33-12-25-13)15-7-5-14(6-8-15)10-24-20(29)17-9-16(28)11-27(17)21(30)19(23(2,3)4)26-22(31)32/h5-8,12,16-17,19,26,28H,9-11H2,1-4H3,(H,24,29)(H,31,32)/t16-,17-,19?/m0/s1. The lowest BCUT2D eigenvalue weighted by atomic mass is 9.85. The lowest BCUT2D eigenvalue weighted by Gasteiger charge is -2.34. The minimum absolute atomic E-state index is 0.0201. The smallest absolute Gasteiger partial charge is 0.405 e. The number of hydrogen-bond donors (Lipinski definition) is 4. The molecule has 1 fully saturated rings. The number of aromatic nitrogens is 1. The molecule has 1 aromatic heterocycles. The van der Waals surface area contributed by atoms with Gasteiger partial charge in [-0.3, -0.25) is 9.59 Å². The van der Waals surface area contributed by atoms with E-state index in [9.17, 15) is 19.5 Å². The zero-order chi connectivity index (χ0) is 24.3. The van der Waals surface area contributed by atoms with Crippen molar-refractivity contribution in [2.24, 2.45) is 5.41 Å². The Kier molecular flexibility index (Phi) is 7.38. The number of β-amino-alcohol motifs (C(OH)–C–C–N with tert-alkyl or cyclic N) is 1. The van der Waals surface area contributed by atoms with E-state index in [2.05, 4.69) is 15.6 Å². The fourth-order valence-electron chi connectivity index (χ4n) is 3.90. The Balaban J connectivity index is 1.67. The third-order valence-electron chi connectivity index (χ3n) is 5.67. The summed E-state index contributed by atoms with van der Waals surface area (Å²) in [6.07, 6.45) is -2.07. The number of thiazole rings is 1. The highest BCUT2D eigenvalue weighted by Crippen LogP contribution is 2.28. The number of aliphatic hydroxyl groups is 1. The van der Waals surface area contributed by atoms with E-state index in [1.807, 2.05) is 31.2 Å². The fraction of sp³-hybridized carbons (Fsp3) is 0.478. The lowest BCUT2D eigenvalue weighted by molar-refractivity contribution is -0.142. The lowest BCUT2D eigenvalue weighted by Crippen LogP contribution is -2.57. The number of benzene rings is 1. The molecule has 3 amide bonds. The topological polar surface area (TPSA) is 132 Å². The number of aliphatic hydroxyl groups excluding tert-OH is 1. The maximum Gasteiger partial charge on any atom is 0.405 e. The second-order valence-electron chi connectivity index (χ2n) is 9.33. The number of carboxylic acid groups (broad SMARTS) is 1. The minimum atomic E-state index is -1.32. The molecule has 4 N–H and O–H groups in total. The molecule has 0 bridgehead atoms. The van der Waals surface area contributed by atoms with Gasteiger partial charge in [0.05, 0.1) is 22.2 Å². The van der Waals surface area contributed by atoms with Crippen LogP contribution in [-0.2, 0) is 16.1 Å². The molecule has 178 valence electrons. The quantitative estimate of drug-likeness (QED) is 0.508. The van der Waals surface area contributed by atoms with E-state index >= 15 is 0 Å². The highest BCUT2D eigenvalue weighted by atomic mass is 32.1. The molecule has 1 aliphatic rings. The zero-order valence-electron chi connectivity index (χ0n) is 19.2. The Hall–Kier alpha value is -2.98. The number of nitrogens with one attached hydrogen (secondary N) is 2. The average molecular weight is 475 g/mol. The van der Waals surface area contributed by atoms with Crippen LogP contribution in [0.5, 0.6) is 0 Å². The van der Waals surface area contributed by atoms with Crippen molar-refractivity contribution in [2.75, 3.05) is 6.54 Å². The first-order valence-electron chi connectivity index (χ1n) is 10.7. The number of aryl methyl sites for hydroxylation is 1. The zero-order valence-corrected chi connectivity index (χ0v) is 20.0. The molecule has 1 unspecified atom stereocenters. The molecule has 0 radical (unpaired) electrons. The molecule has 2 heterocycles. The summed E-state index contributed by atoms with van der Waals surface area (Å²) in [4.78, 5) is 43.9. The number of likely N-dealkylation sites (tertiary alicyclic amines) is 1. The molecule has 1 saturated heterocycles. The van der Waals surface area contributed by atoms with E-state index in [1.54, 1.807) is 37.6 Å². The summed E-state index contributed by atoms with van der Waals surface area (Å²) in [6, 6.07) is 5.89. The molecule has 0 saturated carbocycles. The molecule has 1 aliphatic heterocycles. The predicted molar refractivity (Wildman–Crippen MR) is 125 cm³/mol. The molecule has 1 aromatic carbocycles. The summed E-state index contributed by atoms with van der Waals surface area (Å²) >= 11 is 1.57. The molecule has 0 aliphatic carbocycles. The number of amides is 3. The Labute approximate surface area is 196 Å². The van der Waals surface area contributed by atoms with Crippen LogP contribution in [-0.4, -0.2) is 62.7 Å². The largest absolute Gasteiger partial charge is 0.465 e. The van der Waals surface area contributed by atoms with Gasteiger partial charge in [0.25, 0.3) is 0 Å². The predicted octanol–water partition coefficient (Wildman–Crippen LogP) is 2.38. The van der Waals surface area contributed by atoms with Gasteiger partial charge in [-0.2, -0.15) is 0 Å². The van der Waals surface area contributed by atoms with Gasteiger partial charge in [-0.05, 0) is 23.5 Å². The van der Waals surface area contributed by atoms with Gasteiger partial charge in [-0.15, -0.1) is 11.3 Å². The molecule has 2 aromatic rings.